The summed E-state index contributed by atoms with van der Waals surface area (Å²) in [6.45, 7) is 2.71. The Labute approximate surface area is 182 Å². The highest BCUT2D eigenvalue weighted by atomic mass is 35.5. The van der Waals surface area contributed by atoms with Gasteiger partial charge in [-0.15, -0.1) is 0 Å². The van der Waals surface area contributed by atoms with E-state index >= 15 is 0 Å². The number of para-hydroxylation sites is 1. The first-order chi connectivity index (χ1) is 14.6. The van der Waals surface area contributed by atoms with Crippen LogP contribution in [0.1, 0.15) is 18.4 Å². The van der Waals surface area contributed by atoms with Gasteiger partial charge >= 0.3 is 0 Å². The molecule has 0 atom stereocenters. The van der Waals surface area contributed by atoms with Crippen molar-refractivity contribution in [2.24, 2.45) is 0 Å². The summed E-state index contributed by atoms with van der Waals surface area (Å²) >= 11 is 6.05. The van der Waals surface area contributed by atoms with Gasteiger partial charge in [0.1, 0.15) is 11.5 Å². The molecule has 0 aliphatic carbocycles. The van der Waals surface area contributed by atoms with Gasteiger partial charge in [-0.05, 0) is 36.2 Å². The number of carbonyl (C=O) groups is 2. The van der Waals surface area contributed by atoms with Gasteiger partial charge in [-0.2, -0.15) is 0 Å². The number of amides is 2. The lowest BCUT2D eigenvalue weighted by atomic mass is 10.1. The number of piperazine rings is 1. The van der Waals surface area contributed by atoms with Crippen LogP contribution in [-0.2, 0) is 16.0 Å². The molecule has 30 heavy (non-hydrogen) atoms. The number of halogens is 1. The average molecular weight is 431 g/mol. The number of methoxy groups -OCH3 is 1. The molecule has 1 aliphatic heterocycles. The van der Waals surface area contributed by atoms with Crippen molar-refractivity contribution >= 4 is 23.4 Å². The summed E-state index contributed by atoms with van der Waals surface area (Å²) in [6, 6.07) is 14.8. The first-order valence-electron chi connectivity index (χ1n) is 10.1. The number of benzene rings is 2. The molecule has 2 aromatic carbocycles. The zero-order chi connectivity index (χ0) is 21.3. The van der Waals surface area contributed by atoms with Gasteiger partial charge in [-0.1, -0.05) is 35.9 Å². The van der Waals surface area contributed by atoms with Crippen molar-refractivity contribution in [3.8, 4) is 11.5 Å². The first kappa shape index (κ1) is 22.0. The molecule has 1 heterocycles. The fraction of sp³-hybridized carbons (Fsp3) is 0.391. The van der Waals surface area contributed by atoms with Gasteiger partial charge in [-0.25, -0.2) is 0 Å². The highest BCUT2D eigenvalue weighted by molar-refractivity contribution is 6.32. The predicted octanol–water partition coefficient (Wildman–Crippen LogP) is 3.42. The second-order valence-electron chi connectivity index (χ2n) is 7.17. The Morgan fingerprint density at radius 3 is 2.20 bits per heavy atom. The molecule has 0 unspecified atom stereocenters. The molecule has 0 aromatic heterocycles. The highest BCUT2D eigenvalue weighted by Crippen LogP contribution is 2.23. The molecule has 3 rings (SSSR count). The van der Waals surface area contributed by atoms with E-state index < -0.39 is 0 Å². The summed E-state index contributed by atoms with van der Waals surface area (Å²) in [5.41, 5.74) is 0.956. The van der Waals surface area contributed by atoms with Gasteiger partial charge in [-0.3, -0.25) is 9.59 Å². The molecule has 0 saturated carbocycles. The van der Waals surface area contributed by atoms with E-state index in [9.17, 15) is 9.59 Å². The Bertz CT molecular complexity index is 849. The van der Waals surface area contributed by atoms with Gasteiger partial charge in [0, 0.05) is 32.6 Å². The van der Waals surface area contributed by atoms with Crippen LogP contribution in [0.5, 0.6) is 11.5 Å². The molecule has 160 valence electrons. The van der Waals surface area contributed by atoms with E-state index in [1.807, 2.05) is 52.3 Å². The molecule has 0 radical (unpaired) electrons. The minimum absolute atomic E-state index is 0.0837. The molecule has 6 nitrogen and oxygen atoms in total. The fourth-order valence-electron chi connectivity index (χ4n) is 3.36. The van der Waals surface area contributed by atoms with Gasteiger partial charge in [0.25, 0.3) is 0 Å². The number of hydrogen-bond acceptors (Lipinski definition) is 4. The molecule has 1 aliphatic rings. The van der Waals surface area contributed by atoms with E-state index in [1.165, 1.54) is 0 Å². The third-order valence-corrected chi connectivity index (χ3v) is 5.44. The standard InChI is InChI=1S/C23H27ClN2O4/c1-29-19-10-8-18(9-11-19)17-23(28)26-14-12-25(13-15-26)22(27)7-4-16-30-21-6-3-2-5-20(21)24/h2-3,5-6,8-11H,4,7,12-17H2,1H3. The number of ether oxygens (including phenoxy) is 2. The van der Waals surface area contributed by atoms with E-state index in [2.05, 4.69) is 0 Å². The Morgan fingerprint density at radius 2 is 1.57 bits per heavy atom. The van der Waals surface area contributed by atoms with Crippen LogP contribution in [0.15, 0.2) is 48.5 Å². The summed E-state index contributed by atoms with van der Waals surface area (Å²) in [4.78, 5) is 28.6. The zero-order valence-corrected chi connectivity index (χ0v) is 17.9. The van der Waals surface area contributed by atoms with Crippen LogP contribution in [-0.4, -0.2) is 61.5 Å². The Hall–Kier alpha value is -2.73. The normalized spacial score (nSPS) is 13.8. The topological polar surface area (TPSA) is 59.1 Å². The fourth-order valence-corrected chi connectivity index (χ4v) is 3.55. The minimum Gasteiger partial charge on any atom is -0.497 e. The van der Waals surface area contributed by atoms with Crippen LogP contribution < -0.4 is 9.47 Å². The van der Waals surface area contributed by atoms with E-state index in [1.54, 1.807) is 13.2 Å². The van der Waals surface area contributed by atoms with E-state index in [4.69, 9.17) is 21.1 Å². The third kappa shape index (κ3) is 6.13. The van der Waals surface area contributed by atoms with Crippen molar-refractivity contribution < 1.29 is 19.1 Å². The third-order valence-electron chi connectivity index (χ3n) is 5.13. The maximum Gasteiger partial charge on any atom is 0.227 e. The second-order valence-corrected chi connectivity index (χ2v) is 7.58. The summed E-state index contributed by atoms with van der Waals surface area (Å²) in [6.07, 6.45) is 1.41. The molecule has 7 heteroatoms. The van der Waals surface area contributed by atoms with Crippen LogP contribution in [0.25, 0.3) is 0 Å². The van der Waals surface area contributed by atoms with Gasteiger partial charge in [0.15, 0.2) is 0 Å². The Balaban J connectivity index is 1.36. The van der Waals surface area contributed by atoms with Crippen LogP contribution >= 0.6 is 11.6 Å². The highest BCUT2D eigenvalue weighted by Gasteiger charge is 2.23. The van der Waals surface area contributed by atoms with Crippen molar-refractivity contribution in [2.45, 2.75) is 19.3 Å². The smallest absolute Gasteiger partial charge is 0.227 e. The number of nitrogens with zero attached hydrogens (tertiary/aromatic N) is 2. The quantitative estimate of drug-likeness (QED) is 0.602. The molecular formula is C23H27ClN2O4. The molecule has 2 aromatic rings. The van der Waals surface area contributed by atoms with Crippen molar-refractivity contribution in [3.63, 3.8) is 0 Å². The lowest BCUT2D eigenvalue weighted by molar-refractivity contribution is -0.139. The molecule has 1 saturated heterocycles. The Morgan fingerprint density at radius 1 is 0.933 bits per heavy atom. The van der Waals surface area contributed by atoms with Crippen LogP contribution in [0.4, 0.5) is 0 Å². The lowest BCUT2D eigenvalue weighted by Crippen LogP contribution is -2.51. The van der Waals surface area contributed by atoms with Crippen LogP contribution in [0.2, 0.25) is 5.02 Å². The summed E-state index contributed by atoms with van der Waals surface area (Å²) in [7, 11) is 1.62. The average Bonchev–Trinajstić information content (AvgIpc) is 2.78. The summed E-state index contributed by atoms with van der Waals surface area (Å²) < 4.78 is 10.8. The maximum absolute atomic E-state index is 12.5. The minimum atomic E-state index is 0.0837. The molecule has 0 N–H and O–H groups in total. The SMILES string of the molecule is COc1ccc(CC(=O)N2CCN(C(=O)CCCOc3ccccc3Cl)CC2)cc1. The number of hydrogen-bond donors (Lipinski definition) is 0. The van der Waals surface area contributed by atoms with Crippen molar-refractivity contribution in [1.82, 2.24) is 9.80 Å². The molecular weight excluding hydrogens is 404 g/mol. The Kier molecular flexibility index (Phi) is 7.97. The number of carbonyl (C=O) groups excluding carboxylic acids is 2. The maximum atomic E-state index is 12.5. The molecule has 0 spiro atoms. The van der Waals surface area contributed by atoms with E-state index in [0.29, 0.717) is 62.8 Å². The largest absolute Gasteiger partial charge is 0.497 e. The van der Waals surface area contributed by atoms with Crippen molar-refractivity contribution in [3.05, 3.63) is 59.1 Å². The zero-order valence-electron chi connectivity index (χ0n) is 17.2. The van der Waals surface area contributed by atoms with E-state index in [-0.39, 0.29) is 11.8 Å². The van der Waals surface area contributed by atoms with Gasteiger partial charge in [0.2, 0.25) is 11.8 Å². The van der Waals surface area contributed by atoms with E-state index in [0.717, 1.165) is 11.3 Å². The van der Waals surface area contributed by atoms with Crippen molar-refractivity contribution in [1.29, 1.82) is 0 Å². The molecule has 1 fully saturated rings. The number of rotatable bonds is 8. The summed E-state index contributed by atoms with van der Waals surface area (Å²) in [5.74, 6) is 1.59. The van der Waals surface area contributed by atoms with Gasteiger partial charge in [0.05, 0.1) is 25.2 Å². The monoisotopic (exact) mass is 430 g/mol. The lowest BCUT2D eigenvalue weighted by Gasteiger charge is -2.35. The van der Waals surface area contributed by atoms with Gasteiger partial charge < -0.3 is 19.3 Å². The van der Waals surface area contributed by atoms with Crippen LogP contribution in [0, 0.1) is 0 Å². The second kappa shape index (κ2) is 10.9. The van der Waals surface area contributed by atoms with Crippen LogP contribution in [0.3, 0.4) is 0 Å². The molecule has 0 bridgehead atoms. The summed E-state index contributed by atoms with van der Waals surface area (Å²) in [5, 5.41) is 0.569. The predicted molar refractivity (Wildman–Crippen MR) is 116 cm³/mol. The van der Waals surface area contributed by atoms with Crippen molar-refractivity contribution in [2.75, 3.05) is 39.9 Å². The molecule has 2 amide bonds. The first-order valence-corrected chi connectivity index (χ1v) is 10.5.